The number of para-hydroxylation sites is 2. The molecule has 0 spiro atoms. The van der Waals surface area contributed by atoms with Crippen LogP contribution < -0.4 is 10.1 Å². The average molecular weight is 442 g/mol. The number of amides is 1. The fourth-order valence-corrected chi connectivity index (χ4v) is 3.29. The third kappa shape index (κ3) is 6.62. The van der Waals surface area contributed by atoms with Gasteiger partial charge in [0.25, 0.3) is 5.91 Å². The number of ketones is 1. The summed E-state index contributed by atoms with van der Waals surface area (Å²) >= 11 is 1.54. The van der Waals surface area contributed by atoms with Gasteiger partial charge in [0, 0.05) is 5.39 Å². The number of furan rings is 1. The van der Waals surface area contributed by atoms with Gasteiger partial charge in [-0.3, -0.25) is 9.59 Å². The van der Waals surface area contributed by atoms with Crippen LogP contribution in [0.1, 0.15) is 17.0 Å². The standard InChI is InChI=1S/C23H23NO6S/c1-31-12-11-18(24-22(26)15-28-17-8-3-2-4-9-17)23(27)29-14-19(25)21-13-16-7-5-6-10-20(16)30-21/h2-10,13,18H,11-12,14-15H2,1H3,(H,24,26)/t18-/m0/s1. The Labute approximate surface area is 184 Å². The van der Waals surface area contributed by atoms with Crippen molar-refractivity contribution < 1.29 is 28.3 Å². The van der Waals surface area contributed by atoms with Crippen LogP contribution in [0.2, 0.25) is 0 Å². The van der Waals surface area contributed by atoms with Crippen LogP contribution in [0.25, 0.3) is 11.0 Å². The van der Waals surface area contributed by atoms with Crippen molar-refractivity contribution in [3.8, 4) is 5.75 Å². The predicted molar refractivity (Wildman–Crippen MR) is 118 cm³/mol. The normalized spacial score (nSPS) is 11.6. The third-order valence-corrected chi connectivity index (χ3v) is 5.03. The average Bonchev–Trinajstić information content (AvgIpc) is 3.23. The van der Waals surface area contributed by atoms with Crippen LogP contribution in [0.3, 0.4) is 0 Å². The smallest absolute Gasteiger partial charge is 0.329 e. The van der Waals surface area contributed by atoms with Gasteiger partial charge in [-0.1, -0.05) is 36.4 Å². The minimum absolute atomic E-state index is 0.120. The second-order valence-corrected chi connectivity index (χ2v) is 7.67. The summed E-state index contributed by atoms with van der Waals surface area (Å²) < 4.78 is 16.1. The summed E-state index contributed by atoms with van der Waals surface area (Å²) in [5, 5.41) is 3.41. The Morgan fingerprint density at radius 1 is 1.03 bits per heavy atom. The quantitative estimate of drug-likeness (QED) is 0.360. The maximum absolute atomic E-state index is 12.5. The zero-order chi connectivity index (χ0) is 22.1. The van der Waals surface area contributed by atoms with Crippen LogP contribution >= 0.6 is 11.8 Å². The summed E-state index contributed by atoms with van der Waals surface area (Å²) in [6.07, 6.45) is 2.27. The largest absolute Gasteiger partial charge is 0.484 e. The number of carbonyl (C=O) groups excluding carboxylic acids is 3. The SMILES string of the molecule is CSCC[C@H](NC(=O)COc1ccccc1)C(=O)OCC(=O)c1cc2ccccc2o1. The number of hydrogen-bond acceptors (Lipinski definition) is 7. The predicted octanol–water partition coefficient (Wildman–Crippen LogP) is 3.48. The van der Waals surface area contributed by atoms with Gasteiger partial charge < -0.3 is 19.2 Å². The van der Waals surface area contributed by atoms with Gasteiger partial charge in [0.05, 0.1) is 0 Å². The van der Waals surface area contributed by atoms with Gasteiger partial charge >= 0.3 is 5.97 Å². The van der Waals surface area contributed by atoms with Crippen LogP contribution in [0, 0.1) is 0 Å². The summed E-state index contributed by atoms with van der Waals surface area (Å²) in [5.41, 5.74) is 0.584. The molecule has 0 fully saturated rings. The van der Waals surface area contributed by atoms with Gasteiger partial charge in [-0.25, -0.2) is 4.79 Å². The van der Waals surface area contributed by atoms with E-state index in [2.05, 4.69) is 5.32 Å². The van der Waals surface area contributed by atoms with Crippen molar-refractivity contribution in [3.05, 3.63) is 66.4 Å². The highest BCUT2D eigenvalue weighted by molar-refractivity contribution is 7.98. The summed E-state index contributed by atoms with van der Waals surface area (Å²) in [5.74, 6) is -0.266. The fourth-order valence-electron chi connectivity index (χ4n) is 2.81. The van der Waals surface area contributed by atoms with Gasteiger partial charge in [-0.2, -0.15) is 11.8 Å². The van der Waals surface area contributed by atoms with E-state index < -0.39 is 30.3 Å². The monoisotopic (exact) mass is 441 g/mol. The summed E-state index contributed by atoms with van der Waals surface area (Å²) in [4.78, 5) is 37.1. The molecule has 3 aromatic rings. The molecule has 8 heteroatoms. The lowest BCUT2D eigenvalue weighted by atomic mass is 10.2. The lowest BCUT2D eigenvalue weighted by molar-refractivity contribution is -0.147. The molecule has 0 aliphatic rings. The van der Waals surface area contributed by atoms with Crippen molar-refractivity contribution in [2.45, 2.75) is 12.5 Å². The van der Waals surface area contributed by atoms with Crippen molar-refractivity contribution in [1.29, 1.82) is 0 Å². The van der Waals surface area contributed by atoms with Gasteiger partial charge in [-0.05, 0) is 42.7 Å². The van der Waals surface area contributed by atoms with E-state index in [4.69, 9.17) is 13.9 Å². The maximum Gasteiger partial charge on any atom is 0.329 e. The fraction of sp³-hybridized carbons (Fsp3) is 0.261. The Morgan fingerprint density at radius 3 is 2.52 bits per heavy atom. The molecule has 1 aromatic heterocycles. The number of esters is 1. The van der Waals surface area contributed by atoms with E-state index in [1.165, 1.54) is 11.8 Å². The minimum Gasteiger partial charge on any atom is -0.484 e. The molecule has 7 nitrogen and oxygen atoms in total. The lowest BCUT2D eigenvalue weighted by Gasteiger charge is -2.17. The second-order valence-electron chi connectivity index (χ2n) is 6.68. The number of fused-ring (bicyclic) bond motifs is 1. The highest BCUT2D eigenvalue weighted by Crippen LogP contribution is 2.19. The molecule has 0 aliphatic carbocycles. The first-order chi connectivity index (χ1) is 15.1. The van der Waals surface area contributed by atoms with E-state index in [9.17, 15) is 14.4 Å². The number of Topliss-reactive ketones (excluding diaryl/α,β-unsaturated/α-hetero) is 1. The molecule has 2 aromatic carbocycles. The molecule has 1 heterocycles. The molecule has 0 saturated heterocycles. The van der Waals surface area contributed by atoms with E-state index in [0.29, 0.717) is 23.5 Å². The van der Waals surface area contributed by atoms with Gasteiger partial charge in [0.15, 0.2) is 19.0 Å². The highest BCUT2D eigenvalue weighted by atomic mass is 32.2. The van der Waals surface area contributed by atoms with Gasteiger partial charge in [0.2, 0.25) is 5.78 Å². The van der Waals surface area contributed by atoms with Crippen LogP contribution in [0.5, 0.6) is 5.75 Å². The summed E-state index contributed by atoms with van der Waals surface area (Å²) in [6, 6.07) is 16.9. The van der Waals surface area contributed by atoms with Gasteiger partial charge in [0.1, 0.15) is 17.4 Å². The third-order valence-electron chi connectivity index (χ3n) is 4.39. The summed E-state index contributed by atoms with van der Waals surface area (Å²) in [6.45, 7) is -0.699. The van der Waals surface area contributed by atoms with Crippen molar-refractivity contribution in [2.75, 3.05) is 25.2 Å². The van der Waals surface area contributed by atoms with Crippen molar-refractivity contribution in [2.24, 2.45) is 0 Å². The van der Waals surface area contributed by atoms with Crippen molar-refractivity contribution >= 4 is 40.4 Å². The molecule has 1 atom stereocenters. The number of carbonyl (C=O) groups is 3. The van der Waals surface area contributed by atoms with Crippen molar-refractivity contribution in [1.82, 2.24) is 5.32 Å². The Hall–Kier alpha value is -3.26. The molecule has 3 rings (SSSR count). The number of benzene rings is 2. The summed E-state index contributed by atoms with van der Waals surface area (Å²) in [7, 11) is 0. The molecule has 31 heavy (non-hydrogen) atoms. The highest BCUT2D eigenvalue weighted by Gasteiger charge is 2.24. The zero-order valence-electron chi connectivity index (χ0n) is 17.0. The molecule has 0 bridgehead atoms. The topological polar surface area (TPSA) is 94.8 Å². The van der Waals surface area contributed by atoms with E-state index >= 15 is 0 Å². The van der Waals surface area contributed by atoms with E-state index in [1.54, 1.807) is 42.5 Å². The maximum atomic E-state index is 12.5. The van der Waals surface area contributed by atoms with Gasteiger partial charge in [-0.15, -0.1) is 0 Å². The zero-order valence-corrected chi connectivity index (χ0v) is 17.9. The first-order valence-electron chi connectivity index (χ1n) is 9.71. The molecule has 1 amide bonds. The first kappa shape index (κ1) is 22.4. The van der Waals surface area contributed by atoms with E-state index in [1.807, 2.05) is 24.5 Å². The van der Waals surface area contributed by atoms with E-state index in [-0.39, 0.29) is 12.4 Å². The molecular formula is C23H23NO6S. The lowest BCUT2D eigenvalue weighted by Crippen LogP contribution is -2.44. The first-order valence-corrected chi connectivity index (χ1v) is 11.1. The Bertz CT molecular complexity index is 1000. The Balaban J connectivity index is 1.53. The van der Waals surface area contributed by atoms with E-state index in [0.717, 1.165) is 5.39 Å². The van der Waals surface area contributed by atoms with Crippen molar-refractivity contribution in [3.63, 3.8) is 0 Å². The van der Waals surface area contributed by atoms with Crippen LogP contribution in [0.4, 0.5) is 0 Å². The number of thioether (sulfide) groups is 1. The molecule has 0 saturated carbocycles. The number of rotatable bonds is 11. The second kappa shape index (κ2) is 11.2. The Morgan fingerprint density at radius 2 is 1.77 bits per heavy atom. The molecule has 1 N–H and O–H groups in total. The molecular weight excluding hydrogens is 418 g/mol. The molecule has 0 aliphatic heterocycles. The number of ether oxygens (including phenoxy) is 2. The minimum atomic E-state index is -0.872. The van der Waals surface area contributed by atoms with Crippen LogP contribution in [-0.4, -0.2) is 48.9 Å². The van der Waals surface area contributed by atoms with Crippen LogP contribution in [-0.2, 0) is 14.3 Å². The Kier molecular flexibility index (Phi) is 8.12. The molecule has 162 valence electrons. The number of hydrogen-bond donors (Lipinski definition) is 1. The molecule has 0 unspecified atom stereocenters. The van der Waals surface area contributed by atoms with Crippen LogP contribution in [0.15, 0.2) is 65.1 Å². The number of nitrogens with one attached hydrogen (secondary N) is 1. The molecule has 0 radical (unpaired) electrons.